The molecule has 1 aromatic carbocycles. The van der Waals surface area contributed by atoms with Crippen LogP contribution in [-0.4, -0.2) is 30.2 Å². The molecule has 2 N–H and O–H groups in total. The van der Waals surface area contributed by atoms with Crippen LogP contribution in [0.25, 0.3) is 11.3 Å². The maximum atomic E-state index is 10.2. The molecule has 0 aliphatic rings. The van der Waals surface area contributed by atoms with Crippen LogP contribution >= 0.6 is 23.2 Å². The Morgan fingerprint density at radius 3 is 2.77 bits per heavy atom. The lowest BCUT2D eigenvalue weighted by Crippen LogP contribution is -2.08. The van der Waals surface area contributed by atoms with Gasteiger partial charge in [-0.25, -0.2) is 4.98 Å². The van der Waals surface area contributed by atoms with Crippen molar-refractivity contribution in [2.45, 2.75) is 6.42 Å². The molecule has 0 atom stereocenters. The number of nitrogen functional groups attached to an aromatic ring is 1. The molecule has 0 bridgehead atoms. The van der Waals surface area contributed by atoms with Gasteiger partial charge in [0.25, 0.3) is 6.47 Å². The van der Waals surface area contributed by atoms with Crippen molar-refractivity contribution in [3.8, 4) is 17.1 Å². The summed E-state index contributed by atoms with van der Waals surface area (Å²) in [7, 11) is 1.46. The van der Waals surface area contributed by atoms with Crippen LogP contribution < -0.4 is 10.5 Å². The zero-order valence-corrected chi connectivity index (χ0v) is 13.2. The topological polar surface area (TPSA) is 87.3 Å². The van der Waals surface area contributed by atoms with Crippen LogP contribution in [0.5, 0.6) is 5.88 Å². The number of nitrogens with zero attached hydrogens (tertiary/aromatic N) is 2. The molecule has 0 radical (unpaired) electrons. The minimum atomic E-state index is 0.150. The number of aromatic nitrogens is 2. The van der Waals surface area contributed by atoms with Crippen molar-refractivity contribution >= 4 is 35.5 Å². The van der Waals surface area contributed by atoms with E-state index in [9.17, 15) is 4.79 Å². The standard InChI is InChI=1S/C14H13Cl2N3O3/c1-21-14-12(8-3-2-4-9(15)11(8)16)18-10(13(17)19-14)5-6-22-7-20/h2-4,7H,5-6H2,1H3,(H2,17,19). The van der Waals surface area contributed by atoms with E-state index in [1.54, 1.807) is 18.2 Å². The number of anilines is 1. The Hall–Kier alpha value is -2.05. The summed E-state index contributed by atoms with van der Waals surface area (Å²) in [4.78, 5) is 18.8. The molecule has 0 aliphatic heterocycles. The number of ether oxygens (including phenoxy) is 2. The molecule has 0 saturated heterocycles. The molecule has 6 nitrogen and oxygen atoms in total. The lowest BCUT2D eigenvalue weighted by molar-refractivity contribution is -0.128. The average Bonchev–Trinajstić information content (AvgIpc) is 2.51. The van der Waals surface area contributed by atoms with E-state index in [2.05, 4.69) is 14.7 Å². The van der Waals surface area contributed by atoms with Gasteiger partial charge in [0.15, 0.2) is 0 Å². The Labute approximate surface area is 137 Å². The highest BCUT2D eigenvalue weighted by molar-refractivity contribution is 6.43. The molecule has 2 aromatic rings. The van der Waals surface area contributed by atoms with Crippen LogP contribution in [-0.2, 0) is 16.0 Å². The Morgan fingerprint density at radius 1 is 1.32 bits per heavy atom. The van der Waals surface area contributed by atoms with Gasteiger partial charge in [0, 0.05) is 12.0 Å². The third kappa shape index (κ3) is 3.40. The number of halogens is 2. The Bertz CT molecular complexity index is 695. The molecule has 0 unspecified atom stereocenters. The van der Waals surface area contributed by atoms with Crippen molar-refractivity contribution in [1.29, 1.82) is 0 Å². The number of carbonyl (C=O) groups excluding carboxylic acids is 1. The summed E-state index contributed by atoms with van der Waals surface area (Å²) >= 11 is 12.2. The third-order valence-electron chi connectivity index (χ3n) is 2.89. The summed E-state index contributed by atoms with van der Waals surface area (Å²) in [5.41, 5.74) is 7.32. The molecule has 0 aliphatic carbocycles. The van der Waals surface area contributed by atoms with E-state index in [0.717, 1.165) is 0 Å². The van der Waals surface area contributed by atoms with Crippen molar-refractivity contribution in [1.82, 2.24) is 9.97 Å². The zero-order valence-electron chi connectivity index (χ0n) is 11.7. The molecule has 116 valence electrons. The van der Waals surface area contributed by atoms with E-state index in [4.69, 9.17) is 33.7 Å². The van der Waals surface area contributed by atoms with Crippen LogP contribution in [0.3, 0.4) is 0 Å². The fourth-order valence-electron chi connectivity index (χ4n) is 1.86. The smallest absolute Gasteiger partial charge is 0.293 e. The predicted octanol–water partition coefficient (Wildman–Crippen LogP) is 2.76. The third-order valence-corrected chi connectivity index (χ3v) is 3.71. The summed E-state index contributed by atoms with van der Waals surface area (Å²) in [5, 5.41) is 0.738. The minimum absolute atomic E-state index is 0.150. The molecule has 1 heterocycles. The first-order chi connectivity index (χ1) is 10.6. The van der Waals surface area contributed by atoms with Crippen molar-refractivity contribution in [2.75, 3.05) is 19.5 Å². The molecule has 0 spiro atoms. The van der Waals surface area contributed by atoms with Crippen LogP contribution in [0.15, 0.2) is 18.2 Å². The Morgan fingerprint density at radius 2 is 2.09 bits per heavy atom. The second kappa shape index (κ2) is 7.29. The van der Waals surface area contributed by atoms with Gasteiger partial charge < -0.3 is 15.2 Å². The number of hydrogen-bond acceptors (Lipinski definition) is 6. The predicted molar refractivity (Wildman–Crippen MR) is 84.2 cm³/mol. The highest BCUT2D eigenvalue weighted by Crippen LogP contribution is 2.36. The number of carbonyl (C=O) groups is 1. The number of nitrogens with two attached hydrogens (primary N) is 1. The largest absolute Gasteiger partial charge is 0.479 e. The molecule has 22 heavy (non-hydrogen) atoms. The summed E-state index contributed by atoms with van der Waals surface area (Å²) < 4.78 is 9.87. The number of hydrogen-bond donors (Lipinski definition) is 1. The highest BCUT2D eigenvalue weighted by Gasteiger charge is 2.17. The SMILES string of the molecule is COc1nc(N)c(CCOC=O)nc1-c1cccc(Cl)c1Cl. The fourth-order valence-corrected chi connectivity index (χ4v) is 2.25. The quantitative estimate of drug-likeness (QED) is 0.642. The van der Waals surface area contributed by atoms with Gasteiger partial charge in [-0.2, -0.15) is 4.98 Å². The van der Waals surface area contributed by atoms with E-state index in [1.807, 2.05) is 0 Å². The van der Waals surface area contributed by atoms with Gasteiger partial charge in [-0.05, 0) is 6.07 Å². The van der Waals surface area contributed by atoms with Crippen LogP contribution in [0.1, 0.15) is 5.69 Å². The number of benzene rings is 1. The first-order valence-electron chi connectivity index (χ1n) is 6.28. The van der Waals surface area contributed by atoms with Gasteiger partial charge >= 0.3 is 0 Å². The molecular formula is C14H13Cl2N3O3. The van der Waals surface area contributed by atoms with Crippen molar-refractivity contribution in [2.24, 2.45) is 0 Å². The van der Waals surface area contributed by atoms with Crippen molar-refractivity contribution < 1.29 is 14.3 Å². The summed E-state index contributed by atoms with van der Waals surface area (Å²) in [6, 6.07) is 5.17. The normalized spacial score (nSPS) is 10.3. The first-order valence-corrected chi connectivity index (χ1v) is 7.04. The summed E-state index contributed by atoms with van der Waals surface area (Å²) in [6.45, 7) is 0.513. The van der Waals surface area contributed by atoms with Crippen molar-refractivity contribution in [3.05, 3.63) is 33.9 Å². The lowest BCUT2D eigenvalue weighted by Gasteiger charge is -2.12. The molecule has 0 amide bonds. The van der Waals surface area contributed by atoms with Gasteiger partial charge in [0.05, 0.1) is 29.5 Å². The van der Waals surface area contributed by atoms with Gasteiger partial charge in [0.2, 0.25) is 5.88 Å². The molecule has 1 aromatic heterocycles. The maximum Gasteiger partial charge on any atom is 0.293 e. The van der Waals surface area contributed by atoms with Gasteiger partial charge in [-0.15, -0.1) is 0 Å². The molecular weight excluding hydrogens is 329 g/mol. The van der Waals surface area contributed by atoms with E-state index < -0.39 is 0 Å². The van der Waals surface area contributed by atoms with Crippen LogP contribution in [0, 0.1) is 0 Å². The van der Waals surface area contributed by atoms with Gasteiger partial charge in [0.1, 0.15) is 11.5 Å². The Kier molecular flexibility index (Phi) is 5.41. The monoisotopic (exact) mass is 341 g/mol. The van der Waals surface area contributed by atoms with Crippen molar-refractivity contribution in [3.63, 3.8) is 0 Å². The molecule has 2 rings (SSSR count). The Balaban J connectivity index is 2.51. The zero-order chi connectivity index (χ0) is 16.1. The van der Waals surface area contributed by atoms with Crippen LogP contribution in [0.4, 0.5) is 5.82 Å². The second-order valence-corrected chi connectivity index (χ2v) is 5.02. The molecule has 0 saturated carbocycles. The van der Waals surface area contributed by atoms with Gasteiger partial charge in [-0.1, -0.05) is 35.3 Å². The average molecular weight is 342 g/mol. The molecule has 8 heteroatoms. The van der Waals surface area contributed by atoms with E-state index >= 15 is 0 Å². The summed E-state index contributed by atoms with van der Waals surface area (Å²) in [6.07, 6.45) is 0.326. The summed E-state index contributed by atoms with van der Waals surface area (Å²) in [5.74, 6) is 0.440. The minimum Gasteiger partial charge on any atom is -0.479 e. The van der Waals surface area contributed by atoms with Gasteiger partial charge in [-0.3, -0.25) is 4.79 Å². The maximum absolute atomic E-state index is 10.2. The van der Waals surface area contributed by atoms with E-state index in [-0.39, 0.29) is 18.3 Å². The number of methoxy groups -OCH3 is 1. The number of rotatable bonds is 6. The van der Waals surface area contributed by atoms with E-state index in [0.29, 0.717) is 39.9 Å². The fraction of sp³-hybridized carbons (Fsp3) is 0.214. The van der Waals surface area contributed by atoms with E-state index in [1.165, 1.54) is 7.11 Å². The highest BCUT2D eigenvalue weighted by atomic mass is 35.5. The molecule has 0 fully saturated rings. The second-order valence-electron chi connectivity index (χ2n) is 4.23. The lowest BCUT2D eigenvalue weighted by atomic mass is 10.1. The van der Waals surface area contributed by atoms with Crippen LogP contribution in [0.2, 0.25) is 10.0 Å². The first kappa shape index (κ1) is 16.3.